The number of aromatic nitrogens is 1. The summed E-state index contributed by atoms with van der Waals surface area (Å²) >= 11 is 5.13. The zero-order chi connectivity index (χ0) is 28.8. The van der Waals surface area contributed by atoms with Crippen molar-refractivity contribution in [1.82, 2.24) is 9.88 Å². The second kappa shape index (κ2) is 12.2. The summed E-state index contributed by atoms with van der Waals surface area (Å²) in [5.41, 5.74) is -0.725. The lowest BCUT2D eigenvalue weighted by atomic mass is 10.1. The Balaban J connectivity index is 2.05. The Morgan fingerprint density at radius 1 is 1.08 bits per heavy atom. The van der Waals surface area contributed by atoms with Crippen LogP contribution in [0.2, 0.25) is 0 Å². The van der Waals surface area contributed by atoms with Gasteiger partial charge in [0, 0.05) is 11.1 Å². The summed E-state index contributed by atoms with van der Waals surface area (Å²) in [6.07, 6.45) is -0.808. The Kier molecular flexibility index (Phi) is 9.17. The molecule has 0 aliphatic heterocycles. The van der Waals surface area contributed by atoms with Crippen molar-refractivity contribution >= 4 is 33.9 Å². The van der Waals surface area contributed by atoms with Gasteiger partial charge in [-0.1, -0.05) is 42.5 Å². The molecule has 0 fully saturated rings. The smallest absolute Gasteiger partial charge is 0.493 e. The number of nitrogens with one attached hydrogen (secondary N) is 1. The standard InChI is InChI=1S/C26H22F6N4O2S/c1-3-4-5-6-9-16(2)33-24(39)35-34-22-19-14-18(38-26(30,31)32)12-13-21(19)36(23(22)37)15-17-10-7-8-11-20(17)25(27,28)29/h3-14,37H,15H2,1-2H3,(H,33,39)/b4-3?,6-5-,16-9+,35-34?. The monoisotopic (exact) mass is 568 g/mol. The Morgan fingerprint density at radius 3 is 2.46 bits per heavy atom. The molecule has 13 heteroatoms. The molecular weight excluding hydrogens is 546 g/mol. The summed E-state index contributed by atoms with van der Waals surface area (Å²) in [6.45, 7) is 3.09. The van der Waals surface area contributed by atoms with Gasteiger partial charge in [0.25, 0.3) is 0 Å². The van der Waals surface area contributed by atoms with E-state index in [1.807, 2.05) is 19.1 Å². The van der Waals surface area contributed by atoms with Crippen LogP contribution in [0.15, 0.2) is 88.8 Å². The number of ether oxygens (including phenoxy) is 1. The van der Waals surface area contributed by atoms with E-state index in [0.29, 0.717) is 5.70 Å². The van der Waals surface area contributed by atoms with Crippen LogP contribution in [0.3, 0.4) is 0 Å². The van der Waals surface area contributed by atoms with Crippen LogP contribution in [0, 0.1) is 0 Å². The molecule has 0 amide bonds. The number of azo groups is 1. The summed E-state index contributed by atoms with van der Waals surface area (Å²) in [6, 6.07) is 7.85. The molecule has 3 aromatic rings. The molecule has 1 aromatic heterocycles. The lowest BCUT2D eigenvalue weighted by Gasteiger charge is -2.14. The first kappa shape index (κ1) is 29.4. The predicted octanol–water partition coefficient (Wildman–Crippen LogP) is 8.31. The minimum absolute atomic E-state index is 0.0492. The van der Waals surface area contributed by atoms with Gasteiger partial charge < -0.3 is 19.7 Å². The zero-order valence-corrected chi connectivity index (χ0v) is 21.3. The highest BCUT2D eigenvalue weighted by Gasteiger charge is 2.34. The normalized spacial score (nSPS) is 13.3. The van der Waals surface area contributed by atoms with E-state index in [2.05, 4.69) is 20.3 Å². The molecule has 0 atom stereocenters. The van der Waals surface area contributed by atoms with E-state index in [-0.39, 0.29) is 27.3 Å². The van der Waals surface area contributed by atoms with E-state index in [1.165, 1.54) is 24.3 Å². The number of hydrogen-bond donors (Lipinski definition) is 2. The van der Waals surface area contributed by atoms with Crippen LogP contribution < -0.4 is 10.1 Å². The number of halogens is 6. The number of benzene rings is 2. The Labute approximate surface area is 224 Å². The van der Waals surface area contributed by atoms with Gasteiger partial charge in [0.05, 0.1) is 17.6 Å². The van der Waals surface area contributed by atoms with Crippen LogP contribution >= 0.6 is 12.2 Å². The molecule has 0 aliphatic rings. The Bertz CT molecular complexity index is 1470. The number of thiocarbonyl (C=S) groups is 1. The third kappa shape index (κ3) is 7.93. The first-order valence-corrected chi connectivity index (χ1v) is 11.7. The fraction of sp³-hybridized carbons (Fsp3) is 0.192. The summed E-state index contributed by atoms with van der Waals surface area (Å²) in [5.74, 6) is -1.24. The fourth-order valence-corrected chi connectivity index (χ4v) is 3.77. The van der Waals surface area contributed by atoms with Gasteiger partial charge in [-0.2, -0.15) is 13.2 Å². The quantitative estimate of drug-likeness (QED) is 0.130. The lowest BCUT2D eigenvalue weighted by molar-refractivity contribution is -0.274. The Morgan fingerprint density at radius 2 is 1.79 bits per heavy atom. The topological polar surface area (TPSA) is 71.1 Å². The van der Waals surface area contributed by atoms with Crippen LogP contribution in [0.25, 0.3) is 10.9 Å². The number of nitrogens with zero attached hydrogens (tertiary/aromatic N) is 3. The first-order valence-electron chi connectivity index (χ1n) is 11.2. The number of allylic oxidation sites excluding steroid dienone is 6. The lowest BCUT2D eigenvalue weighted by Crippen LogP contribution is -2.17. The molecule has 6 nitrogen and oxygen atoms in total. The minimum atomic E-state index is -5.00. The molecule has 2 aromatic carbocycles. The van der Waals surface area contributed by atoms with E-state index in [9.17, 15) is 31.4 Å². The van der Waals surface area contributed by atoms with Gasteiger partial charge in [-0.15, -0.1) is 23.4 Å². The average molecular weight is 569 g/mol. The molecule has 0 radical (unpaired) electrons. The van der Waals surface area contributed by atoms with Gasteiger partial charge in [-0.25, -0.2) is 0 Å². The van der Waals surface area contributed by atoms with Gasteiger partial charge in [-0.05, 0) is 62.0 Å². The highest BCUT2D eigenvalue weighted by Crippen LogP contribution is 2.42. The summed E-state index contributed by atoms with van der Waals surface area (Å²) in [4.78, 5) is 0. The second-order valence-corrected chi connectivity index (χ2v) is 8.42. The van der Waals surface area contributed by atoms with Crippen molar-refractivity contribution < 1.29 is 36.2 Å². The third-order valence-corrected chi connectivity index (χ3v) is 5.36. The molecule has 0 saturated carbocycles. The van der Waals surface area contributed by atoms with E-state index >= 15 is 0 Å². The summed E-state index contributed by atoms with van der Waals surface area (Å²) in [5, 5.41) is 21.2. The number of alkyl halides is 6. The number of aromatic hydroxyl groups is 1. The van der Waals surface area contributed by atoms with Crippen molar-refractivity contribution in [3.05, 3.63) is 89.7 Å². The number of hydrogen-bond acceptors (Lipinski definition) is 4. The number of rotatable bonds is 7. The van der Waals surface area contributed by atoms with Gasteiger partial charge in [0.1, 0.15) is 5.75 Å². The molecule has 0 aliphatic carbocycles. The molecule has 39 heavy (non-hydrogen) atoms. The summed E-state index contributed by atoms with van der Waals surface area (Å²) < 4.78 is 84.1. The average Bonchev–Trinajstić information content (AvgIpc) is 3.09. The van der Waals surface area contributed by atoms with Crippen LogP contribution in [-0.4, -0.2) is 21.1 Å². The van der Waals surface area contributed by atoms with Gasteiger partial charge >= 0.3 is 12.5 Å². The van der Waals surface area contributed by atoms with E-state index in [1.54, 1.807) is 25.2 Å². The fourth-order valence-electron chi connectivity index (χ4n) is 3.57. The minimum Gasteiger partial charge on any atom is -0.493 e. The molecule has 3 rings (SSSR count). The molecule has 2 N–H and O–H groups in total. The summed E-state index contributed by atoms with van der Waals surface area (Å²) in [7, 11) is 0. The maximum absolute atomic E-state index is 13.5. The van der Waals surface area contributed by atoms with E-state index in [0.717, 1.165) is 22.8 Å². The van der Waals surface area contributed by atoms with Crippen LogP contribution in [0.5, 0.6) is 11.6 Å². The van der Waals surface area contributed by atoms with Crippen molar-refractivity contribution in [2.75, 3.05) is 0 Å². The van der Waals surface area contributed by atoms with Crippen molar-refractivity contribution in [1.29, 1.82) is 0 Å². The van der Waals surface area contributed by atoms with Gasteiger partial charge in [0.15, 0.2) is 5.69 Å². The van der Waals surface area contributed by atoms with E-state index in [4.69, 9.17) is 12.2 Å². The molecular formula is C26H22F6N4O2S. The predicted molar refractivity (Wildman–Crippen MR) is 139 cm³/mol. The van der Waals surface area contributed by atoms with Crippen molar-refractivity contribution in [2.45, 2.75) is 32.9 Å². The van der Waals surface area contributed by atoms with Crippen LogP contribution in [0.1, 0.15) is 25.0 Å². The van der Waals surface area contributed by atoms with Crippen molar-refractivity contribution in [2.24, 2.45) is 10.2 Å². The second-order valence-electron chi connectivity index (χ2n) is 8.03. The third-order valence-electron chi connectivity index (χ3n) is 5.17. The Hall–Kier alpha value is -4.13. The van der Waals surface area contributed by atoms with Crippen LogP contribution in [0.4, 0.5) is 32.0 Å². The molecule has 0 bridgehead atoms. The highest BCUT2D eigenvalue weighted by atomic mass is 32.1. The maximum atomic E-state index is 13.5. The van der Waals surface area contributed by atoms with Gasteiger partial charge in [0.2, 0.25) is 11.0 Å². The number of fused-ring (bicyclic) bond motifs is 1. The molecule has 0 unspecified atom stereocenters. The molecule has 206 valence electrons. The first-order chi connectivity index (χ1) is 18.3. The largest absolute Gasteiger partial charge is 0.573 e. The van der Waals surface area contributed by atoms with E-state index < -0.39 is 36.3 Å². The SMILES string of the molecule is CC=C/C=C\C=C(/C)NC(=S)N=Nc1c(O)n(Cc2ccccc2C(F)(F)F)c2ccc(OC(F)(F)F)cc12. The molecule has 0 saturated heterocycles. The van der Waals surface area contributed by atoms with Crippen LogP contribution in [-0.2, 0) is 12.7 Å². The molecule has 1 heterocycles. The molecule has 0 spiro atoms. The van der Waals surface area contributed by atoms with Crippen molar-refractivity contribution in [3.63, 3.8) is 0 Å². The maximum Gasteiger partial charge on any atom is 0.573 e. The van der Waals surface area contributed by atoms with Gasteiger partial charge in [-0.3, -0.25) is 0 Å². The van der Waals surface area contributed by atoms with Crippen molar-refractivity contribution in [3.8, 4) is 11.6 Å². The highest BCUT2D eigenvalue weighted by molar-refractivity contribution is 7.80. The zero-order valence-electron chi connectivity index (χ0n) is 20.5.